The molecule has 0 aliphatic carbocycles. The van der Waals surface area contributed by atoms with Crippen molar-refractivity contribution >= 4 is 33.5 Å². The van der Waals surface area contributed by atoms with Crippen LogP contribution in [0.25, 0.3) is 21.9 Å². The van der Waals surface area contributed by atoms with E-state index in [0.29, 0.717) is 57.2 Å². The molecule has 2 aromatic heterocycles. The van der Waals surface area contributed by atoms with Crippen LogP contribution in [0.2, 0.25) is 0 Å². The molecule has 7 nitrogen and oxygen atoms in total. The number of aromatic nitrogens is 3. The van der Waals surface area contributed by atoms with E-state index in [2.05, 4.69) is 22.5 Å². The summed E-state index contributed by atoms with van der Waals surface area (Å²) in [5, 5.41) is 1.03. The number of carbonyl (C=O) groups is 1. The molecule has 0 atom stereocenters. The monoisotopic (exact) mass is 566 g/mol. The van der Waals surface area contributed by atoms with Crippen LogP contribution in [0.15, 0.2) is 24.3 Å². The van der Waals surface area contributed by atoms with Gasteiger partial charge in [0.15, 0.2) is 5.82 Å². The van der Waals surface area contributed by atoms with Gasteiger partial charge < -0.3 is 19.8 Å². The summed E-state index contributed by atoms with van der Waals surface area (Å²) in [5.74, 6) is 1.73. The number of nitrogens with zero attached hydrogens (tertiary/aromatic N) is 3. The molecule has 0 radical (unpaired) electrons. The zero-order chi connectivity index (χ0) is 29.1. The molecule has 2 heterocycles. The summed E-state index contributed by atoms with van der Waals surface area (Å²) in [7, 11) is 1.70. The van der Waals surface area contributed by atoms with Gasteiger partial charge in [-0.2, -0.15) is 0 Å². The summed E-state index contributed by atoms with van der Waals surface area (Å²) < 4.78 is 13.4. The van der Waals surface area contributed by atoms with Crippen molar-refractivity contribution in [2.75, 3.05) is 32.7 Å². The first-order chi connectivity index (χ1) is 20.2. The zero-order valence-corrected chi connectivity index (χ0v) is 25.8. The summed E-state index contributed by atoms with van der Waals surface area (Å²) in [4.78, 5) is 21.7. The summed E-state index contributed by atoms with van der Waals surface area (Å²) in [6.45, 7) is 4.66. The number of pyridine rings is 1. The minimum Gasteiger partial charge on any atom is -0.384 e. The summed E-state index contributed by atoms with van der Waals surface area (Å²) >= 11 is 0. The van der Waals surface area contributed by atoms with E-state index in [-0.39, 0.29) is 0 Å². The van der Waals surface area contributed by atoms with Gasteiger partial charge in [0.25, 0.3) is 0 Å². The maximum absolute atomic E-state index is 12.3. The number of hydrogen-bond donors (Lipinski definition) is 1. The molecule has 0 saturated carbocycles. The standard InChI is InChI=1S/C34H54N4O3/c1-3-4-5-6-7-8-9-10-11-12-13-14-15-19-28(39)20-18-25-41-27-24-38-31(23-26-40-2)37-32-33(38)29-21-16-17-22-30(29)36-34(32)35/h16-17,21-22H,3-15,18-20,23-27H2,1-2H3,(H2,35,36). The van der Waals surface area contributed by atoms with Gasteiger partial charge in [-0.15, -0.1) is 0 Å². The summed E-state index contributed by atoms with van der Waals surface area (Å²) in [6.07, 6.45) is 20.1. The smallest absolute Gasteiger partial charge is 0.152 e. The highest BCUT2D eigenvalue weighted by Crippen LogP contribution is 2.29. The van der Waals surface area contributed by atoms with Crippen molar-refractivity contribution < 1.29 is 14.3 Å². The Hall–Kier alpha value is -2.51. The topological polar surface area (TPSA) is 92.3 Å². The van der Waals surface area contributed by atoms with Gasteiger partial charge in [0.2, 0.25) is 0 Å². The van der Waals surface area contributed by atoms with Crippen molar-refractivity contribution in [2.45, 2.75) is 123 Å². The number of hydrogen-bond acceptors (Lipinski definition) is 6. The quantitative estimate of drug-likeness (QED) is 0.110. The predicted octanol–water partition coefficient (Wildman–Crippen LogP) is 8.20. The summed E-state index contributed by atoms with van der Waals surface area (Å²) in [5.41, 5.74) is 8.86. The fourth-order valence-electron chi connectivity index (χ4n) is 5.62. The lowest BCUT2D eigenvalue weighted by atomic mass is 10.0. The third-order valence-corrected chi connectivity index (χ3v) is 7.98. The van der Waals surface area contributed by atoms with E-state index in [1.165, 1.54) is 77.0 Å². The predicted molar refractivity (Wildman–Crippen MR) is 170 cm³/mol. The number of nitrogen functional groups attached to an aromatic ring is 1. The molecule has 0 amide bonds. The van der Waals surface area contributed by atoms with E-state index in [9.17, 15) is 4.79 Å². The highest BCUT2D eigenvalue weighted by atomic mass is 16.5. The second kappa shape index (κ2) is 19.6. The van der Waals surface area contributed by atoms with Gasteiger partial charge in [0.1, 0.15) is 17.1 Å². The number of carbonyl (C=O) groups excluding carboxylic acids is 1. The van der Waals surface area contributed by atoms with Gasteiger partial charge in [-0.1, -0.05) is 102 Å². The molecule has 0 saturated heterocycles. The Balaban J connectivity index is 1.28. The molecule has 3 aromatic rings. The van der Waals surface area contributed by atoms with Crippen LogP contribution in [-0.4, -0.2) is 47.2 Å². The zero-order valence-electron chi connectivity index (χ0n) is 25.8. The number of methoxy groups -OCH3 is 1. The van der Waals surface area contributed by atoms with E-state index in [0.717, 1.165) is 40.6 Å². The van der Waals surface area contributed by atoms with Crippen LogP contribution < -0.4 is 5.73 Å². The van der Waals surface area contributed by atoms with Crippen LogP contribution >= 0.6 is 0 Å². The Morgan fingerprint density at radius 1 is 0.805 bits per heavy atom. The molecule has 0 bridgehead atoms. The fourth-order valence-corrected chi connectivity index (χ4v) is 5.62. The lowest BCUT2D eigenvalue weighted by molar-refractivity contribution is -0.119. The molecule has 3 rings (SSSR count). The average molecular weight is 567 g/mol. The average Bonchev–Trinajstić information content (AvgIpc) is 3.35. The highest BCUT2D eigenvalue weighted by Gasteiger charge is 2.17. The number of nitrogens with two attached hydrogens (primary N) is 1. The minimum absolute atomic E-state index is 0.369. The first-order valence-electron chi connectivity index (χ1n) is 16.3. The number of Topliss-reactive ketones (excluding diaryl/α,β-unsaturated/α-hetero) is 1. The molecular weight excluding hydrogens is 512 g/mol. The molecule has 228 valence electrons. The van der Waals surface area contributed by atoms with Crippen molar-refractivity contribution in [3.05, 3.63) is 30.1 Å². The molecule has 1 aromatic carbocycles. The van der Waals surface area contributed by atoms with E-state index in [1.54, 1.807) is 7.11 Å². The van der Waals surface area contributed by atoms with E-state index >= 15 is 0 Å². The minimum atomic E-state index is 0.369. The molecule has 41 heavy (non-hydrogen) atoms. The first kappa shape index (κ1) is 33.0. The molecule has 0 aliphatic heterocycles. The lowest BCUT2D eigenvalue weighted by Gasteiger charge is -2.11. The van der Waals surface area contributed by atoms with Gasteiger partial charge in [-0.25, -0.2) is 9.97 Å². The second-order valence-electron chi connectivity index (χ2n) is 11.4. The third-order valence-electron chi connectivity index (χ3n) is 7.98. The number of imidazole rings is 1. The number of ketones is 1. The van der Waals surface area contributed by atoms with E-state index in [4.69, 9.17) is 20.2 Å². The van der Waals surface area contributed by atoms with Crippen LogP contribution in [0.1, 0.15) is 115 Å². The third kappa shape index (κ3) is 11.4. The second-order valence-corrected chi connectivity index (χ2v) is 11.4. The molecule has 0 unspecified atom stereocenters. The maximum atomic E-state index is 12.3. The van der Waals surface area contributed by atoms with E-state index < -0.39 is 0 Å². The first-order valence-corrected chi connectivity index (χ1v) is 16.3. The van der Waals surface area contributed by atoms with Gasteiger partial charge in [0.05, 0.1) is 24.2 Å². The lowest BCUT2D eigenvalue weighted by Crippen LogP contribution is -2.12. The van der Waals surface area contributed by atoms with Crippen molar-refractivity contribution in [2.24, 2.45) is 0 Å². The van der Waals surface area contributed by atoms with Crippen LogP contribution in [-0.2, 0) is 27.2 Å². The molecule has 7 heteroatoms. The molecular formula is C34H54N4O3. The van der Waals surface area contributed by atoms with Crippen molar-refractivity contribution in [1.82, 2.24) is 14.5 Å². The largest absolute Gasteiger partial charge is 0.384 e. The fraction of sp³-hybridized carbons (Fsp3) is 0.676. The number of anilines is 1. The number of benzene rings is 1. The van der Waals surface area contributed by atoms with Gasteiger partial charge >= 0.3 is 0 Å². The van der Waals surface area contributed by atoms with Crippen LogP contribution in [0.3, 0.4) is 0 Å². The molecule has 0 aliphatic rings. The normalized spacial score (nSPS) is 11.7. The Morgan fingerprint density at radius 2 is 1.44 bits per heavy atom. The van der Waals surface area contributed by atoms with Crippen molar-refractivity contribution in [3.63, 3.8) is 0 Å². The highest BCUT2D eigenvalue weighted by molar-refractivity contribution is 6.06. The number of unbranched alkanes of at least 4 members (excludes halogenated alkanes) is 12. The van der Waals surface area contributed by atoms with Crippen LogP contribution in [0.5, 0.6) is 0 Å². The van der Waals surface area contributed by atoms with E-state index in [1.807, 2.05) is 18.2 Å². The Labute approximate surface area is 247 Å². The number of rotatable bonds is 24. The van der Waals surface area contributed by atoms with Gasteiger partial charge in [0, 0.05) is 44.9 Å². The Kier molecular flexibility index (Phi) is 15.8. The van der Waals surface area contributed by atoms with Gasteiger partial charge in [-0.3, -0.25) is 4.79 Å². The van der Waals surface area contributed by atoms with Crippen LogP contribution in [0, 0.1) is 0 Å². The SMILES string of the molecule is CCCCCCCCCCCCCCCC(=O)CCCOCCn1c(CCOC)nc2c(N)nc3ccccc3c21. The van der Waals surface area contributed by atoms with Crippen molar-refractivity contribution in [3.8, 4) is 0 Å². The maximum Gasteiger partial charge on any atom is 0.152 e. The van der Waals surface area contributed by atoms with Gasteiger partial charge in [-0.05, 0) is 18.9 Å². The number of fused-ring (bicyclic) bond motifs is 3. The molecule has 0 spiro atoms. The van der Waals surface area contributed by atoms with Crippen LogP contribution in [0.4, 0.5) is 5.82 Å². The molecule has 0 fully saturated rings. The Bertz CT molecular complexity index is 1160. The summed E-state index contributed by atoms with van der Waals surface area (Å²) in [6, 6.07) is 8.02. The Morgan fingerprint density at radius 3 is 2.12 bits per heavy atom. The van der Waals surface area contributed by atoms with Crippen molar-refractivity contribution in [1.29, 1.82) is 0 Å². The molecule has 2 N–H and O–H groups in total. The number of ether oxygens (including phenoxy) is 2. The number of para-hydroxylation sites is 1.